The van der Waals surface area contributed by atoms with E-state index in [9.17, 15) is 10.1 Å². The summed E-state index contributed by atoms with van der Waals surface area (Å²) in [5.41, 5.74) is -0.0306. The summed E-state index contributed by atoms with van der Waals surface area (Å²) in [7, 11) is 0. The summed E-state index contributed by atoms with van der Waals surface area (Å²) in [5.74, 6) is 0.291. The van der Waals surface area contributed by atoms with E-state index in [0.29, 0.717) is 16.8 Å². The lowest BCUT2D eigenvalue weighted by Gasteiger charge is -2.06. The molecule has 0 fully saturated rings. The first kappa shape index (κ1) is 13.5. The van der Waals surface area contributed by atoms with Gasteiger partial charge in [-0.2, -0.15) is 0 Å². The molecule has 2 aromatic heterocycles. The van der Waals surface area contributed by atoms with Gasteiger partial charge in [0.25, 0.3) is 0 Å². The number of aromatic nitrogens is 3. The first-order chi connectivity index (χ1) is 9.16. The van der Waals surface area contributed by atoms with E-state index in [1.807, 2.05) is 10.8 Å². The van der Waals surface area contributed by atoms with Crippen molar-refractivity contribution in [3.63, 3.8) is 0 Å². The molecule has 8 heteroatoms. The zero-order valence-corrected chi connectivity index (χ0v) is 11.6. The van der Waals surface area contributed by atoms with Crippen molar-refractivity contribution in [1.82, 2.24) is 14.5 Å². The maximum Gasteiger partial charge on any atom is 0.312 e. The molecule has 0 spiro atoms. The second-order valence-electron chi connectivity index (χ2n) is 3.86. The summed E-state index contributed by atoms with van der Waals surface area (Å²) >= 11 is 3.17. The molecule has 0 amide bonds. The summed E-state index contributed by atoms with van der Waals surface area (Å²) < 4.78 is 2.54. The Labute approximate surface area is 118 Å². The molecule has 0 unspecified atom stereocenters. The Morgan fingerprint density at radius 1 is 1.53 bits per heavy atom. The van der Waals surface area contributed by atoms with Crippen molar-refractivity contribution in [3.8, 4) is 0 Å². The molecule has 2 aromatic rings. The van der Waals surface area contributed by atoms with Crippen LogP contribution in [-0.2, 0) is 6.54 Å². The number of rotatable bonds is 6. The third kappa shape index (κ3) is 3.75. The van der Waals surface area contributed by atoms with Gasteiger partial charge in [0.05, 0.1) is 11.3 Å². The number of pyridine rings is 1. The third-order valence-electron chi connectivity index (χ3n) is 2.48. The van der Waals surface area contributed by atoms with Crippen LogP contribution in [0.1, 0.15) is 6.42 Å². The number of imidazole rings is 1. The SMILES string of the molecule is O=[N+]([O-])c1cc(Br)cnc1NCCCn1ccnc1. The van der Waals surface area contributed by atoms with Gasteiger partial charge in [-0.3, -0.25) is 10.1 Å². The third-order valence-corrected chi connectivity index (χ3v) is 2.91. The lowest BCUT2D eigenvalue weighted by atomic mass is 10.3. The predicted octanol–water partition coefficient (Wildman–Crippen LogP) is 2.45. The standard InChI is InChI=1S/C11H12BrN5O2/c12-9-6-10(17(18)19)11(15-7-9)14-2-1-4-16-5-3-13-8-16/h3,5-8H,1-2,4H2,(H,14,15). The van der Waals surface area contributed by atoms with Crippen molar-refractivity contribution < 1.29 is 4.92 Å². The Balaban J connectivity index is 1.90. The van der Waals surface area contributed by atoms with E-state index < -0.39 is 4.92 Å². The lowest BCUT2D eigenvalue weighted by molar-refractivity contribution is -0.384. The highest BCUT2D eigenvalue weighted by Gasteiger charge is 2.15. The fraction of sp³-hybridized carbons (Fsp3) is 0.273. The predicted molar refractivity (Wildman–Crippen MR) is 73.9 cm³/mol. The number of nitrogens with one attached hydrogen (secondary N) is 1. The molecule has 0 aliphatic heterocycles. The number of nitrogens with zero attached hydrogens (tertiary/aromatic N) is 4. The highest BCUT2D eigenvalue weighted by Crippen LogP contribution is 2.25. The smallest absolute Gasteiger partial charge is 0.312 e. The quantitative estimate of drug-likeness (QED) is 0.501. The van der Waals surface area contributed by atoms with Crippen molar-refractivity contribution in [2.75, 3.05) is 11.9 Å². The fourth-order valence-corrected chi connectivity index (χ4v) is 1.91. The molecule has 0 aliphatic rings. The van der Waals surface area contributed by atoms with Crippen LogP contribution in [0.2, 0.25) is 0 Å². The van der Waals surface area contributed by atoms with E-state index in [1.165, 1.54) is 12.3 Å². The van der Waals surface area contributed by atoms with Gasteiger partial charge in [-0.15, -0.1) is 0 Å². The molecule has 0 aliphatic carbocycles. The largest absolute Gasteiger partial charge is 0.364 e. The fourth-order valence-electron chi connectivity index (χ4n) is 1.59. The Hall–Kier alpha value is -1.96. The van der Waals surface area contributed by atoms with Gasteiger partial charge >= 0.3 is 5.69 Å². The van der Waals surface area contributed by atoms with Crippen LogP contribution in [0.5, 0.6) is 0 Å². The van der Waals surface area contributed by atoms with Gasteiger partial charge in [0.1, 0.15) is 0 Å². The second kappa shape index (κ2) is 6.28. The molecule has 0 bridgehead atoms. The van der Waals surface area contributed by atoms with Crippen LogP contribution in [0.15, 0.2) is 35.5 Å². The zero-order valence-electron chi connectivity index (χ0n) is 9.99. The molecule has 0 saturated carbocycles. The van der Waals surface area contributed by atoms with Crippen molar-refractivity contribution in [2.45, 2.75) is 13.0 Å². The van der Waals surface area contributed by atoms with Crippen LogP contribution in [0.3, 0.4) is 0 Å². The Bertz CT molecular complexity index is 558. The van der Waals surface area contributed by atoms with Crippen molar-refractivity contribution in [2.24, 2.45) is 0 Å². The van der Waals surface area contributed by atoms with Crippen LogP contribution in [0.4, 0.5) is 11.5 Å². The van der Waals surface area contributed by atoms with Crippen LogP contribution in [0, 0.1) is 10.1 Å². The van der Waals surface area contributed by atoms with Gasteiger partial charge in [-0.1, -0.05) is 0 Å². The molecule has 0 aromatic carbocycles. The number of aryl methyl sites for hydroxylation is 1. The zero-order chi connectivity index (χ0) is 13.7. The first-order valence-corrected chi connectivity index (χ1v) is 6.45. The monoisotopic (exact) mass is 325 g/mol. The molecule has 2 heterocycles. The lowest BCUT2D eigenvalue weighted by Crippen LogP contribution is -2.08. The second-order valence-corrected chi connectivity index (χ2v) is 4.77. The van der Waals surface area contributed by atoms with Crippen molar-refractivity contribution in [3.05, 3.63) is 45.6 Å². The molecule has 0 radical (unpaired) electrons. The van der Waals surface area contributed by atoms with Gasteiger partial charge in [-0.25, -0.2) is 9.97 Å². The Kier molecular flexibility index (Phi) is 4.45. The van der Waals surface area contributed by atoms with Gasteiger partial charge < -0.3 is 9.88 Å². The van der Waals surface area contributed by atoms with Gasteiger partial charge in [0, 0.05) is 42.2 Å². The minimum atomic E-state index is -0.448. The molecular weight excluding hydrogens is 314 g/mol. The van der Waals surface area contributed by atoms with Crippen LogP contribution in [0.25, 0.3) is 0 Å². The average Bonchev–Trinajstić information content (AvgIpc) is 2.89. The number of anilines is 1. The van der Waals surface area contributed by atoms with E-state index in [0.717, 1.165) is 13.0 Å². The minimum Gasteiger partial charge on any atom is -0.364 e. The first-order valence-electron chi connectivity index (χ1n) is 5.66. The number of nitro groups is 1. The molecule has 100 valence electrons. The van der Waals surface area contributed by atoms with Crippen LogP contribution in [-0.4, -0.2) is 26.0 Å². The number of hydrogen-bond acceptors (Lipinski definition) is 5. The van der Waals surface area contributed by atoms with E-state index in [1.54, 1.807) is 12.5 Å². The Morgan fingerprint density at radius 3 is 3.05 bits per heavy atom. The van der Waals surface area contributed by atoms with E-state index in [2.05, 4.69) is 31.2 Å². The van der Waals surface area contributed by atoms with E-state index >= 15 is 0 Å². The summed E-state index contributed by atoms with van der Waals surface area (Å²) in [6, 6.07) is 1.44. The molecule has 7 nitrogen and oxygen atoms in total. The van der Waals surface area contributed by atoms with Crippen molar-refractivity contribution >= 4 is 27.4 Å². The highest BCUT2D eigenvalue weighted by molar-refractivity contribution is 9.10. The molecule has 0 atom stereocenters. The normalized spacial score (nSPS) is 10.4. The van der Waals surface area contributed by atoms with Gasteiger partial charge in [0.15, 0.2) is 0 Å². The van der Waals surface area contributed by atoms with E-state index in [4.69, 9.17) is 0 Å². The number of hydrogen-bond donors (Lipinski definition) is 1. The van der Waals surface area contributed by atoms with Crippen molar-refractivity contribution in [1.29, 1.82) is 0 Å². The highest BCUT2D eigenvalue weighted by atomic mass is 79.9. The molecule has 1 N–H and O–H groups in total. The minimum absolute atomic E-state index is 0.0306. The maximum absolute atomic E-state index is 10.9. The molecule has 2 rings (SSSR count). The maximum atomic E-state index is 10.9. The van der Waals surface area contributed by atoms with E-state index in [-0.39, 0.29) is 5.69 Å². The topological polar surface area (TPSA) is 85.9 Å². The molecule has 19 heavy (non-hydrogen) atoms. The van der Waals surface area contributed by atoms with Crippen LogP contribution < -0.4 is 5.32 Å². The summed E-state index contributed by atoms with van der Waals surface area (Å²) in [5, 5.41) is 13.9. The summed E-state index contributed by atoms with van der Waals surface area (Å²) in [6.45, 7) is 1.41. The van der Waals surface area contributed by atoms with Gasteiger partial charge in [-0.05, 0) is 22.4 Å². The average molecular weight is 326 g/mol. The molecular formula is C11H12BrN5O2. The number of halogens is 1. The summed E-state index contributed by atoms with van der Waals surface area (Å²) in [6.07, 6.45) is 7.69. The van der Waals surface area contributed by atoms with Gasteiger partial charge in [0.2, 0.25) is 5.82 Å². The molecule has 0 saturated heterocycles. The van der Waals surface area contributed by atoms with Crippen LogP contribution >= 0.6 is 15.9 Å². The summed E-state index contributed by atoms with van der Waals surface area (Å²) in [4.78, 5) is 18.4. The Morgan fingerprint density at radius 2 is 2.37 bits per heavy atom.